The van der Waals surface area contributed by atoms with Crippen LogP contribution in [0.15, 0.2) is 40.9 Å². The van der Waals surface area contributed by atoms with Gasteiger partial charge >= 0.3 is 17.9 Å². The van der Waals surface area contributed by atoms with Gasteiger partial charge in [0.25, 0.3) is 0 Å². The molecule has 0 aliphatic heterocycles. The van der Waals surface area contributed by atoms with E-state index >= 15 is 0 Å². The monoisotopic (exact) mass is 386 g/mol. The van der Waals surface area contributed by atoms with E-state index in [-0.39, 0.29) is 16.3 Å². The number of methoxy groups -OCH3 is 2. The third-order valence-corrected chi connectivity index (χ3v) is 4.57. The van der Waals surface area contributed by atoms with E-state index in [0.717, 1.165) is 20.3 Å². The molecule has 26 heavy (non-hydrogen) atoms. The molecule has 11 heteroatoms. The number of esters is 2. The Balaban J connectivity index is 3.02. The topological polar surface area (TPSA) is 148 Å². The molecule has 0 saturated heterocycles. The fourth-order valence-electron chi connectivity index (χ4n) is 1.66. The minimum absolute atomic E-state index is 0.173. The van der Waals surface area contributed by atoms with Crippen molar-refractivity contribution in [2.24, 2.45) is 0 Å². The third kappa shape index (κ3) is 5.86. The number of sulfonamides is 1. The number of hydrogen-bond donors (Lipinski definition) is 3. The van der Waals surface area contributed by atoms with Crippen LogP contribution in [0.1, 0.15) is 6.92 Å². The Hall–Kier alpha value is -2.92. The molecule has 0 saturated carbocycles. The maximum Gasteiger partial charge on any atom is 0.354 e. The number of aliphatic carboxylic acids is 1. The number of carboxylic acids is 1. The van der Waals surface area contributed by atoms with E-state index in [2.05, 4.69) is 14.8 Å². The summed E-state index contributed by atoms with van der Waals surface area (Å²) in [4.78, 5) is 33.5. The van der Waals surface area contributed by atoms with Gasteiger partial charge < -0.3 is 19.9 Å². The predicted molar refractivity (Wildman–Crippen MR) is 89.6 cm³/mol. The maximum atomic E-state index is 12.1. The summed E-state index contributed by atoms with van der Waals surface area (Å²) in [6.45, 7) is 1.19. The molecule has 0 aromatic heterocycles. The molecule has 10 nitrogen and oxygen atoms in total. The van der Waals surface area contributed by atoms with Crippen molar-refractivity contribution < 1.29 is 37.4 Å². The molecule has 0 aliphatic rings. The van der Waals surface area contributed by atoms with Crippen LogP contribution in [-0.4, -0.2) is 51.7 Å². The van der Waals surface area contributed by atoms with Crippen molar-refractivity contribution >= 4 is 33.6 Å². The van der Waals surface area contributed by atoms with Crippen LogP contribution in [0.2, 0.25) is 0 Å². The Morgan fingerprint density at radius 2 is 1.69 bits per heavy atom. The smallest absolute Gasteiger partial charge is 0.354 e. The quantitative estimate of drug-likeness (QED) is 0.417. The molecular formula is C15H18N2O8S. The summed E-state index contributed by atoms with van der Waals surface area (Å²) < 4.78 is 35.1. The highest BCUT2D eigenvalue weighted by Crippen LogP contribution is 2.16. The zero-order valence-electron chi connectivity index (χ0n) is 14.2. The maximum absolute atomic E-state index is 12.1. The van der Waals surface area contributed by atoms with Crippen molar-refractivity contribution in [3.63, 3.8) is 0 Å². The van der Waals surface area contributed by atoms with Crippen molar-refractivity contribution in [3.05, 3.63) is 36.0 Å². The van der Waals surface area contributed by atoms with Crippen LogP contribution in [0.25, 0.3) is 0 Å². The summed E-state index contributed by atoms with van der Waals surface area (Å²) in [6.07, 6.45) is 0.882. The molecule has 142 valence electrons. The van der Waals surface area contributed by atoms with Crippen LogP contribution in [0, 0.1) is 0 Å². The molecule has 0 spiro atoms. The van der Waals surface area contributed by atoms with E-state index in [0.29, 0.717) is 0 Å². The van der Waals surface area contributed by atoms with E-state index in [1.54, 1.807) is 0 Å². The lowest BCUT2D eigenvalue weighted by atomic mass is 10.3. The normalized spacial score (nSPS) is 12.8. The molecule has 0 aliphatic carbocycles. The van der Waals surface area contributed by atoms with E-state index in [1.807, 2.05) is 4.72 Å². The Morgan fingerprint density at radius 1 is 1.12 bits per heavy atom. The third-order valence-electron chi connectivity index (χ3n) is 3.01. The number of hydrogen-bond acceptors (Lipinski definition) is 8. The van der Waals surface area contributed by atoms with Gasteiger partial charge in [-0.15, -0.1) is 0 Å². The van der Waals surface area contributed by atoms with Crippen LogP contribution in [-0.2, 0) is 33.9 Å². The highest BCUT2D eigenvalue weighted by Gasteiger charge is 2.21. The van der Waals surface area contributed by atoms with Crippen LogP contribution in [0.5, 0.6) is 0 Å². The first-order chi connectivity index (χ1) is 12.1. The van der Waals surface area contributed by atoms with Gasteiger partial charge in [-0.1, -0.05) is 0 Å². The van der Waals surface area contributed by atoms with Gasteiger partial charge in [0.1, 0.15) is 11.7 Å². The molecule has 0 heterocycles. The molecule has 0 fully saturated rings. The van der Waals surface area contributed by atoms with E-state index in [1.165, 1.54) is 31.2 Å². The molecule has 3 N–H and O–H groups in total. The van der Waals surface area contributed by atoms with Crippen LogP contribution >= 0.6 is 0 Å². The summed E-state index contributed by atoms with van der Waals surface area (Å²) in [7, 11) is -1.77. The van der Waals surface area contributed by atoms with E-state index in [9.17, 15) is 22.8 Å². The lowest BCUT2D eigenvalue weighted by molar-refractivity contribution is -0.138. The second-order valence-corrected chi connectivity index (χ2v) is 6.62. The Morgan fingerprint density at radius 3 is 2.15 bits per heavy atom. The Labute approximate surface area is 149 Å². The van der Waals surface area contributed by atoms with Gasteiger partial charge in [0, 0.05) is 5.69 Å². The Bertz CT molecular complexity index is 815. The van der Waals surface area contributed by atoms with Crippen molar-refractivity contribution in [1.29, 1.82) is 0 Å². The largest absolute Gasteiger partial charge is 0.480 e. The van der Waals surface area contributed by atoms with Crippen molar-refractivity contribution in [2.45, 2.75) is 17.9 Å². The Kier molecular flexibility index (Phi) is 7.28. The van der Waals surface area contributed by atoms with Gasteiger partial charge in [0.15, 0.2) is 0 Å². The number of carbonyl (C=O) groups is 3. The highest BCUT2D eigenvalue weighted by molar-refractivity contribution is 7.89. The fourth-order valence-corrected chi connectivity index (χ4v) is 2.85. The molecule has 0 radical (unpaired) electrons. The van der Waals surface area contributed by atoms with Crippen LogP contribution in [0.3, 0.4) is 0 Å². The highest BCUT2D eigenvalue weighted by atomic mass is 32.2. The minimum atomic E-state index is -4.03. The van der Waals surface area contributed by atoms with E-state index < -0.39 is 34.0 Å². The summed E-state index contributed by atoms with van der Waals surface area (Å²) >= 11 is 0. The lowest BCUT2D eigenvalue weighted by Gasteiger charge is -2.12. The number of carbonyl (C=O) groups excluding carboxylic acids is 2. The standard InChI is InChI=1S/C15H18N2O8S/c1-9(14(19)20)17-26(22,23)11-6-4-10(5-7-11)16-12(15(21)25-3)8-13(18)24-2/h4-9,16-17H,1-3H3,(H,19,20)/b12-8+. The average molecular weight is 386 g/mol. The summed E-state index contributed by atoms with van der Waals surface area (Å²) in [6, 6.07) is 3.76. The van der Waals surface area contributed by atoms with Gasteiger partial charge in [-0.2, -0.15) is 4.72 Å². The van der Waals surface area contributed by atoms with Crippen molar-refractivity contribution in [2.75, 3.05) is 19.5 Å². The summed E-state index contributed by atoms with van der Waals surface area (Å²) in [5, 5.41) is 11.4. The first kappa shape index (κ1) is 21.1. The molecular weight excluding hydrogens is 368 g/mol. The number of ether oxygens (including phenoxy) is 2. The van der Waals surface area contributed by atoms with Crippen molar-refractivity contribution in [1.82, 2.24) is 4.72 Å². The average Bonchev–Trinajstić information content (AvgIpc) is 2.60. The first-order valence-corrected chi connectivity index (χ1v) is 8.59. The van der Waals surface area contributed by atoms with Crippen LogP contribution in [0.4, 0.5) is 5.69 Å². The van der Waals surface area contributed by atoms with E-state index in [4.69, 9.17) is 5.11 Å². The molecule has 1 aromatic rings. The predicted octanol–water partition coefficient (Wildman–Crippen LogP) is 0.0798. The van der Waals surface area contributed by atoms with Crippen LogP contribution < -0.4 is 10.0 Å². The molecule has 0 amide bonds. The summed E-state index contributed by atoms with van der Waals surface area (Å²) in [5.41, 5.74) is 0.0726. The number of anilines is 1. The number of rotatable bonds is 8. The molecule has 0 bridgehead atoms. The van der Waals surface area contributed by atoms with Gasteiger partial charge in [0.05, 0.1) is 25.2 Å². The summed E-state index contributed by atoms with van der Waals surface area (Å²) in [5.74, 6) is -2.93. The molecule has 1 rings (SSSR count). The minimum Gasteiger partial charge on any atom is -0.480 e. The first-order valence-electron chi connectivity index (χ1n) is 7.11. The van der Waals surface area contributed by atoms with Gasteiger partial charge in [-0.25, -0.2) is 18.0 Å². The van der Waals surface area contributed by atoms with Gasteiger partial charge in [-0.05, 0) is 31.2 Å². The molecule has 1 aromatic carbocycles. The zero-order chi connectivity index (χ0) is 19.9. The van der Waals surface area contributed by atoms with Gasteiger partial charge in [-0.3, -0.25) is 4.79 Å². The molecule has 1 atom stereocenters. The van der Waals surface area contributed by atoms with Gasteiger partial charge in [0.2, 0.25) is 10.0 Å². The fraction of sp³-hybridized carbons (Fsp3) is 0.267. The number of benzene rings is 1. The second-order valence-electron chi connectivity index (χ2n) is 4.90. The SMILES string of the molecule is COC(=O)/C=C(/Nc1ccc(S(=O)(=O)NC(C)C(=O)O)cc1)C(=O)OC. The zero-order valence-corrected chi connectivity index (χ0v) is 15.0. The molecule has 1 unspecified atom stereocenters. The lowest BCUT2D eigenvalue weighted by Crippen LogP contribution is -2.38. The number of nitrogens with one attached hydrogen (secondary N) is 2. The number of carboxylic acid groups (broad SMARTS) is 1. The van der Waals surface area contributed by atoms with Crippen molar-refractivity contribution in [3.8, 4) is 0 Å². The second kappa shape index (κ2) is 8.97.